The van der Waals surface area contributed by atoms with Gasteiger partial charge in [-0.15, -0.1) is 0 Å². The van der Waals surface area contributed by atoms with Crippen LogP contribution in [0.25, 0.3) is 22.5 Å². The molecule has 27 heavy (non-hydrogen) atoms. The minimum atomic E-state index is -4.35. The Morgan fingerprint density at radius 1 is 1.04 bits per heavy atom. The molecule has 1 aromatic heterocycles. The van der Waals surface area contributed by atoms with E-state index in [4.69, 9.17) is 0 Å². The molecule has 0 atom stereocenters. The number of hydrogen-bond acceptors (Lipinski definition) is 2. The number of hydrogen-bond donors (Lipinski definition) is 1. The highest BCUT2D eigenvalue weighted by Gasteiger charge is 2.30. The summed E-state index contributed by atoms with van der Waals surface area (Å²) in [5, 5.41) is 7.19. The summed E-state index contributed by atoms with van der Waals surface area (Å²) in [4.78, 5) is 11.0. The Labute approximate surface area is 154 Å². The van der Waals surface area contributed by atoms with Crippen molar-refractivity contribution in [2.75, 3.05) is 0 Å². The van der Waals surface area contributed by atoms with Crippen molar-refractivity contribution in [1.29, 1.82) is 0 Å². The number of nitrogens with zero attached hydrogens (tertiary/aromatic N) is 2. The summed E-state index contributed by atoms with van der Waals surface area (Å²) in [5.74, 6) is -0.0926. The molecule has 2 aromatic carbocycles. The molecule has 0 fully saturated rings. The van der Waals surface area contributed by atoms with E-state index < -0.39 is 11.7 Å². The van der Waals surface area contributed by atoms with Crippen LogP contribution in [-0.2, 0) is 24.6 Å². The van der Waals surface area contributed by atoms with Gasteiger partial charge < -0.3 is 5.32 Å². The lowest BCUT2D eigenvalue weighted by atomic mass is 10.1. The molecule has 7 heteroatoms. The summed E-state index contributed by atoms with van der Waals surface area (Å²) < 4.78 is 39.8. The third-order valence-corrected chi connectivity index (χ3v) is 4.18. The maximum absolute atomic E-state index is 12.7. The second kappa shape index (κ2) is 7.26. The molecule has 0 spiro atoms. The highest BCUT2D eigenvalue weighted by Crippen LogP contribution is 2.32. The van der Waals surface area contributed by atoms with Gasteiger partial charge >= 0.3 is 6.18 Å². The van der Waals surface area contributed by atoms with Gasteiger partial charge in [0, 0.05) is 26.1 Å². The maximum atomic E-state index is 12.7. The number of aromatic nitrogens is 2. The van der Waals surface area contributed by atoms with Crippen LogP contribution in [0.5, 0.6) is 0 Å². The maximum Gasteiger partial charge on any atom is 0.416 e. The number of carbonyl (C=O) groups excluding carboxylic acids is 1. The number of alkyl halides is 3. The first-order valence-electron chi connectivity index (χ1n) is 8.29. The molecule has 1 amide bonds. The topological polar surface area (TPSA) is 46.9 Å². The molecule has 0 radical (unpaired) electrons. The van der Waals surface area contributed by atoms with Gasteiger partial charge in [0.05, 0.1) is 17.0 Å². The first kappa shape index (κ1) is 18.7. The van der Waals surface area contributed by atoms with Crippen LogP contribution in [0.4, 0.5) is 13.2 Å². The zero-order valence-electron chi connectivity index (χ0n) is 14.8. The molecule has 4 nitrogen and oxygen atoms in total. The summed E-state index contributed by atoms with van der Waals surface area (Å²) in [6.45, 7) is 1.92. The summed E-state index contributed by atoms with van der Waals surface area (Å²) in [6, 6.07) is 14.5. The van der Waals surface area contributed by atoms with E-state index in [2.05, 4.69) is 10.4 Å². The molecule has 0 bridgehead atoms. The third kappa shape index (κ3) is 4.36. The molecular weight excluding hydrogens is 355 g/mol. The Balaban J connectivity index is 1.83. The molecule has 0 saturated carbocycles. The van der Waals surface area contributed by atoms with Crippen molar-refractivity contribution in [3.8, 4) is 22.5 Å². The van der Waals surface area contributed by atoms with Crippen LogP contribution in [-0.4, -0.2) is 15.7 Å². The van der Waals surface area contributed by atoms with E-state index in [1.807, 2.05) is 30.3 Å². The molecule has 1 N–H and O–H groups in total. The van der Waals surface area contributed by atoms with E-state index in [0.717, 1.165) is 34.6 Å². The molecule has 0 aliphatic rings. The Morgan fingerprint density at radius 3 is 2.19 bits per heavy atom. The SMILES string of the molecule is CC(=O)NCc1ccc(-c2cc(-c3ccc(C(F)(F)F)cc3)n(C)n2)cc1. The van der Waals surface area contributed by atoms with Gasteiger partial charge in [-0.1, -0.05) is 36.4 Å². The number of carbonyl (C=O) groups is 1. The molecule has 1 heterocycles. The summed E-state index contributed by atoms with van der Waals surface area (Å²) in [7, 11) is 1.75. The largest absolute Gasteiger partial charge is 0.416 e. The Hall–Kier alpha value is -3.09. The molecule has 3 aromatic rings. The van der Waals surface area contributed by atoms with Gasteiger partial charge in [0.15, 0.2) is 0 Å². The molecule has 0 aliphatic carbocycles. The van der Waals surface area contributed by atoms with E-state index in [1.54, 1.807) is 11.7 Å². The first-order valence-corrected chi connectivity index (χ1v) is 8.29. The second-order valence-corrected chi connectivity index (χ2v) is 6.22. The first-order chi connectivity index (χ1) is 12.7. The van der Waals surface area contributed by atoms with Gasteiger partial charge in [0.2, 0.25) is 5.91 Å². The van der Waals surface area contributed by atoms with Crippen molar-refractivity contribution in [2.24, 2.45) is 7.05 Å². The fourth-order valence-corrected chi connectivity index (χ4v) is 2.73. The monoisotopic (exact) mass is 373 g/mol. The number of halogens is 3. The molecule has 0 aliphatic heterocycles. The van der Waals surface area contributed by atoms with E-state index in [1.165, 1.54) is 19.1 Å². The number of amides is 1. The number of benzene rings is 2. The number of aryl methyl sites for hydroxylation is 1. The zero-order valence-corrected chi connectivity index (χ0v) is 14.8. The lowest BCUT2D eigenvalue weighted by Gasteiger charge is -2.07. The molecule has 0 saturated heterocycles. The number of nitrogens with one attached hydrogen (secondary N) is 1. The molecule has 0 unspecified atom stereocenters. The van der Waals surface area contributed by atoms with E-state index in [-0.39, 0.29) is 5.91 Å². The summed E-state index contributed by atoms with van der Waals surface area (Å²) >= 11 is 0. The van der Waals surface area contributed by atoms with Gasteiger partial charge in [0.1, 0.15) is 0 Å². The van der Waals surface area contributed by atoms with Crippen LogP contribution < -0.4 is 5.32 Å². The lowest BCUT2D eigenvalue weighted by Crippen LogP contribution is -2.18. The number of rotatable bonds is 4. The standard InChI is InChI=1S/C20H18F3N3O/c1-13(27)24-12-14-3-5-15(6-4-14)18-11-19(26(2)25-18)16-7-9-17(10-8-16)20(21,22)23/h3-11H,12H2,1-2H3,(H,24,27). The zero-order chi connectivity index (χ0) is 19.6. The minimum Gasteiger partial charge on any atom is -0.352 e. The lowest BCUT2D eigenvalue weighted by molar-refractivity contribution is -0.137. The fraction of sp³-hybridized carbons (Fsp3) is 0.200. The second-order valence-electron chi connectivity index (χ2n) is 6.22. The highest BCUT2D eigenvalue weighted by molar-refractivity contribution is 5.73. The minimum absolute atomic E-state index is 0.0926. The third-order valence-electron chi connectivity index (χ3n) is 4.18. The molecule has 3 rings (SSSR count). The highest BCUT2D eigenvalue weighted by atomic mass is 19.4. The molecule has 140 valence electrons. The Kier molecular flexibility index (Phi) is 5.03. The van der Waals surface area contributed by atoms with Gasteiger partial charge in [-0.05, 0) is 29.3 Å². The smallest absolute Gasteiger partial charge is 0.352 e. The van der Waals surface area contributed by atoms with Gasteiger partial charge in [-0.25, -0.2) is 0 Å². The average Bonchev–Trinajstić information content (AvgIpc) is 3.01. The van der Waals surface area contributed by atoms with Crippen molar-refractivity contribution in [3.63, 3.8) is 0 Å². The quantitative estimate of drug-likeness (QED) is 0.736. The van der Waals surface area contributed by atoms with E-state index in [9.17, 15) is 18.0 Å². The van der Waals surface area contributed by atoms with Crippen molar-refractivity contribution in [1.82, 2.24) is 15.1 Å². The van der Waals surface area contributed by atoms with Crippen molar-refractivity contribution < 1.29 is 18.0 Å². The van der Waals surface area contributed by atoms with Crippen molar-refractivity contribution in [3.05, 3.63) is 65.7 Å². The normalized spacial score (nSPS) is 11.4. The van der Waals surface area contributed by atoms with Crippen LogP contribution >= 0.6 is 0 Å². The predicted octanol–water partition coefficient (Wildman–Crippen LogP) is 4.41. The molecular formula is C20H18F3N3O. The van der Waals surface area contributed by atoms with Crippen LogP contribution in [0.1, 0.15) is 18.1 Å². The van der Waals surface area contributed by atoms with Crippen LogP contribution in [0.3, 0.4) is 0 Å². The van der Waals surface area contributed by atoms with Crippen LogP contribution in [0.2, 0.25) is 0 Å². The van der Waals surface area contributed by atoms with Crippen molar-refractivity contribution in [2.45, 2.75) is 19.6 Å². The van der Waals surface area contributed by atoms with Gasteiger partial charge in [-0.2, -0.15) is 18.3 Å². The fourth-order valence-electron chi connectivity index (χ4n) is 2.73. The predicted molar refractivity (Wildman–Crippen MR) is 96.6 cm³/mol. The Bertz CT molecular complexity index is 942. The van der Waals surface area contributed by atoms with Crippen LogP contribution in [0.15, 0.2) is 54.6 Å². The van der Waals surface area contributed by atoms with Crippen molar-refractivity contribution >= 4 is 5.91 Å². The summed E-state index contributed by atoms with van der Waals surface area (Å²) in [5.41, 5.74) is 3.28. The summed E-state index contributed by atoms with van der Waals surface area (Å²) in [6.07, 6.45) is -4.35. The van der Waals surface area contributed by atoms with Crippen LogP contribution in [0, 0.1) is 0 Å². The van der Waals surface area contributed by atoms with Gasteiger partial charge in [-0.3, -0.25) is 9.48 Å². The average molecular weight is 373 g/mol. The van der Waals surface area contributed by atoms with E-state index >= 15 is 0 Å². The van der Waals surface area contributed by atoms with Gasteiger partial charge in [0.25, 0.3) is 0 Å². The van der Waals surface area contributed by atoms with E-state index in [0.29, 0.717) is 12.1 Å². The Morgan fingerprint density at radius 2 is 1.63 bits per heavy atom.